The van der Waals surface area contributed by atoms with Crippen LogP contribution in [0.25, 0.3) is 0 Å². The zero-order valence-electron chi connectivity index (χ0n) is 11.1. The number of nitrogens with zero attached hydrogens (tertiary/aromatic N) is 1. The second-order valence-corrected chi connectivity index (χ2v) is 4.77. The van der Waals surface area contributed by atoms with E-state index in [4.69, 9.17) is 5.73 Å². The first-order chi connectivity index (χ1) is 7.69. The van der Waals surface area contributed by atoms with Gasteiger partial charge in [-0.3, -0.25) is 0 Å². The minimum absolute atomic E-state index is 0.613. The van der Waals surface area contributed by atoms with Crippen molar-refractivity contribution in [3.8, 4) is 0 Å². The maximum Gasteiger partial charge on any atom is 0.0953 e. The standard InChI is InChI=1S/C13H27N3/c1-4-6-7-8-16(5-2)10-12-9-15-13(14)11(12)3/h12,15H,4-10,14H2,1-3H3. The van der Waals surface area contributed by atoms with E-state index in [-0.39, 0.29) is 0 Å². The Kier molecular flexibility index (Phi) is 5.67. The van der Waals surface area contributed by atoms with E-state index in [1.165, 1.54) is 31.4 Å². The van der Waals surface area contributed by atoms with Gasteiger partial charge >= 0.3 is 0 Å². The maximum atomic E-state index is 5.86. The quantitative estimate of drug-likeness (QED) is 0.650. The SMILES string of the molecule is CCCCCN(CC)CC1CNC(N)=C1C. The molecular formula is C13H27N3. The van der Waals surface area contributed by atoms with Crippen LogP contribution in [0.2, 0.25) is 0 Å². The van der Waals surface area contributed by atoms with Gasteiger partial charge in [-0.2, -0.15) is 0 Å². The maximum absolute atomic E-state index is 5.86. The van der Waals surface area contributed by atoms with Gasteiger partial charge in [0.2, 0.25) is 0 Å². The molecule has 0 aliphatic carbocycles. The van der Waals surface area contributed by atoms with Gasteiger partial charge in [-0.15, -0.1) is 0 Å². The summed E-state index contributed by atoms with van der Waals surface area (Å²) in [5.41, 5.74) is 7.20. The Morgan fingerprint density at radius 1 is 1.38 bits per heavy atom. The van der Waals surface area contributed by atoms with Gasteiger partial charge in [0.05, 0.1) is 5.82 Å². The molecule has 3 N–H and O–H groups in total. The van der Waals surface area contributed by atoms with E-state index in [0.29, 0.717) is 5.92 Å². The topological polar surface area (TPSA) is 41.3 Å². The summed E-state index contributed by atoms with van der Waals surface area (Å²) in [7, 11) is 0. The van der Waals surface area contributed by atoms with Crippen molar-refractivity contribution in [2.45, 2.75) is 40.0 Å². The Labute approximate surface area is 100 Å². The first kappa shape index (κ1) is 13.4. The summed E-state index contributed by atoms with van der Waals surface area (Å²) >= 11 is 0. The summed E-state index contributed by atoms with van der Waals surface area (Å²) < 4.78 is 0. The lowest BCUT2D eigenvalue weighted by Gasteiger charge is -2.24. The lowest BCUT2D eigenvalue weighted by molar-refractivity contribution is 0.253. The fourth-order valence-electron chi connectivity index (χ4n) is 2.22. The Hall–Kier alpha value is -0.700. The number of hydrogen-bond acceptors (Lipinski definition) is 3. The van der Waals surface area contributed by atoms with E-state index < -0.39 is 0 Å². The number of nitrogens with two attached hydrogens (primary N) is 1. The number of hydrogen-bond donors (Lipinski definition) is 2. The number of rotatable bonds is 7. The molecule has 3 heteroatoms. The molecule has 94 valence electrons. The van der Waals surface area contributed by atoms with Gasteiger partial charge < -0.3 is 16.0 Å². The van der Waals surface area contributed by atoms with Crippen LogP contribution < -0.4 is 11.1 Å². The van der Waals surface area contributed by atoms with Gasteiger partial charge in [0.25, 0.3) is 0 Å². The monoisotopic (exact) mass is 225 g/mol. The van der Waals surface area contributed by atoms with Crippen LogP contribution in [0, 0.1) is 5.92 Å². The van der Waals surface area contributed by atoms with Gasteiger partial charge in [-0.1, -0.05) is 26.7 Å². The van der Waals surface area contributed by atoms with Crippen LogP contribution in [0.5, 0.6) is 0 Å². The third-order valence-electron chi connectivity index (χ3n) is 3.58. The van der Waals surface area contributed by atoms with Crippen LogP contribution in [-0.2, 0) is 0 Å². The Morgan fingerprint density at radius 3 is 2.62 bits per heavy atom. The highest BCUT2D eigenvalue weighted by atomic mass is 15.1. The van der Waals surface area contributed by atoms with E-state index >= 15 is 0 Å². The van der Waals surface area contributed by atoms with Crippen molar-refractivity contribution in [1.29, 1.82) is 0 Å². The molecule has 0 radical (unpaired) electrons. The van der Waals surface area contributed by atoms with Crippen LogP contribution in [0.4, 0.5) is 0 Å². The van der Waals surface area contributed by atoms with Gasteiger partial charge in [0.15, 0.2) is 0 Å². The fraction of sp³-hybridized carbons (Fsp3) is 0.846. The molecule has 0 saturated heterocycles. The van der Waals surface area contributed by atoms with Crippen molar-refractivity contribution < 1.29 is 0 Å². The zero-order valence-corrected chi connectivity index (χ0v) is 11.1. The van der Waals surface area contributed by atoms with Gasteiger partial charge in [0, 0.05) is 19.0 Å². The summed E-state index contributed by atoms with van der Waals surface area (Å²) in [6.07, 6.45) is 3.97. The second-order valence-electron chi connectivity index (χ2n) is 4.77. The Balaban J connectivity index is 2.33. The van der Waals surface area contributed by atoms with Crippen molar-refractivity contribution in [1.82, 2.24) is 10.2 Å². The smallest absolute Gasteiger partial charge is 0.0953 e. The van der Waals surface area contributed by atoms with Crippen molar-refractivity contribution in [2.75, 3.05) is 26.2 Å². The normalized spacial score (nSPS) is 20.6. The van der Waals surface area contributed by atoms with Gasteiger partial charge in [-0.05, 0) is 32.0 Å². The summed E-state index contributed by atoms with van der Waals surface area (Å²) in [6.45, 7) is 11.2. The molecule has 0 spiro atoms. The molecule has 1 rings (SSSR count). The van der Waals surface area contributed by atoms with Crippen molar-refractivity contribution >= 4 is 0 Å². The lowest BCUT2D eigenvalue weighted by atomic mass is 10.0. The molecule has 1 atom stereocenters. The van der Waals surface area contributed by atoms with Crippen LogP contribution >= 0.6 is 0 Å². The highest BCUT2D eigenvalue weighted by Crippen LogP contribution is 2.18. The fourth-order valence-corrected chi connectivity index (χ4v) is 2.22. The number of unbranched alkanes of at least 4 members (excludes halogenated alkanes) is 2. The zero-order chi connectivity index (χ0) is 12.0. The highest BCUT2D eigenvalue weighted by molar-refractivity contribution is 5.17. The van der Waals surface area contributed by atoms with E-state index in [0.717, 1.165) is 25.5 Å². The van der Waals surface area contributed by atoms with Crippen LogP contribution in [0.1, 0.15) is 40.0 Å². The molecule has 1 heterocycles. The predicted molar refractivity (Wildman–Crippen MR) is 70.0 cm³/mol. The second kappa shape index (κ2) is 6.79. The van der Waals surface area contributed by atoms with E-state index in [1.54, 1.807) is 0 Å². The first-order valence-corrected chi connectivity index (χ1v) is 6.61. The summed E-state index contributed by atoms with van der Waals surface area (Å²) in [5.74, 6) is 1.51. The van der Waals surface area contributed by atoms with Crippen molar-refractivity contribution in [3.63, 3.8) is 0 Å². The van der Waals surface area contributed by atoms with E-state index in [1.807, 2.05) is 0 Å². The van der Waals surface area contributed by atoms with Crippen LogP contribution in [0.3, 0.4) is 0 Å². The molecule has 0 aromatic rings. The summed E-state index contributed by atoms with van der Waals surface area (Å²) in [4.78, 5) is 2.55. The first-order valence-electron chi connectivity index (χ1n) is 6.61. The molecule has 0 amide bonds. The molecule has 0 aromatic heterocycles. The molecule has 0 aromatic carbocycles. The molecule has 1 aliphatic rings. The molecule has 1 unspecified atom stereocenters. The minimum atomic E-state index is 0.613. The lowest BCUT2D eigenvalue weighted by Crippen LogP contribution is -2.32. The summed E-state index contributed by atoms with van der Waals surface area (Å²) in [5, 5.41) is 3.25. The van der Waals surface area contributed by atoms with Crippen LogP contribution in [0.15, 0.2) is 11.4 Å². The largest absolute Gasteiger partial charge is 0.386 e. The Morgan fingerprint density at radius 2 is 2.12 bits per heavy atom. The molecular weight excluding hydrogens is 198 g/mol. The van der Waals surface area contributed by atoms with Crippen molar-refractivity contribution in [3.05, 3.63) is 11.4 Å². The van der Waals surface area contributed by atoms with Gasteiger partial charge in [-0.25, -0.2) is 0 Å². The third-order valence-corrected chi connectivity index (χ3v) is 3.58. The van der Waals surface area contributed by atoms with Gasteiger partial charge in [0.1, 0.15) is 0 Å². The van der Waals surface area contributed by atoms with E-state index in [2.05, 4.69) is 31.0 Å². The van der Waals surface area contributed by atoms with E-state index in [9.17, 15) is 0 Å². The molecule has 1 aliphatic heterocycles. The molecule has 0 bridgehead atoms. The van der Waals surface area contributed by atoms with Crippen LogP contribution in [-0.4, -0.2) is 31.1 Å². The Bertz CT molecular complexity index is 235. The van der Waals surface area contributed by atoms with Crippen molar-refractivity contribution in [2.24, 2.45) is 11.7 Å². The third kappa shape index (κ3) is 3.71. The molecule has 16 heavy (non-hydrogen) atoms. The summed E-state index contributed by atoms with van der Waals surface area (Å²) in [6, 6.07) is 0. The molecule has 3 nitrogen and oxygen atoms in total. The average Bonchev–Trinajstić information content (AvgIpc) is 2.59. The minimum Gasteiger partial charge on any atom is -0.386 e. The predicted octanol–water partition coefficient (Wildman–Crippen LogP) is 1.91. The molecule has 0 saturated carbocycles. The number of nitrogens with one attached hydrogen (secondary N) is 1. The average molecular weight is 225 g/mol. The highest BCUT2D eigenvalue weighted by Gasteiger charge is 2.21. The molecule has 0 fully saturated rings.